The highest BCUT2D eigenvalue weighted by Crippen LogP contribution is 2.29. The molecule has 2 amide bonds. The molecule has 1 fully saturated rings. The molecule has 0 saturated carbocycles. The van der Waals surface area contributed by atoms with Gasteiger partial charge in [-0.3, -0.25) is 9.59 Å². The van der Waals surface area contributed by atoms with Gasteiger partial charge in [0.25, 0.3) is 5.91 Å². The van der Waals surface area contributed by atoms with E-state index in [1.54, 1.807) is 12.0 Å². The van der Waals surface area contributed by atoms with Crippen molar-refractivity contribution >= 4 is 28.4 Å². The minimum Gasteiger partial charge on any atom is -0.497 e. The molecule has 1 N–H and O–H groups in total. The molecule has 1 unspecified atom stereocenters. The van der Waals surface area contributed by atoms with Crippen molar-refractivity contribution in [1.82, 2.24) is 9.88 Å². The Kier molecular flexibility index (Phi) is 5.59. The van der Waals surface area contributed by atoms with E-state index in [-0.39, 0.29) is 24.3 Å². The Labute approximate surface area is 181 Å². The highest BCUT2D eigenvalue weighted by molar-refractivity contribution is 6.09. The molecule has 1 saturated heterocycles. The number of rotatable bonds is 6. The van der Waals surface area contributed by atoms with Gasteiger partial charge < -0.3 is 24.3 Å². The van der Waals surface area contributed by atoms with E-state index in [9.17, 15) is 9.59 Å². The van der Waals surface area contributed by atoms with Crippen molar-refractivity contribution in [3.8, 4) is 11.5 Å². The first kappa shape index (κ1) is 20.8. The standard InChI is InChI=1S/C24H27N3O4/c1-5-31-19-10-11-21-20(13-19)23(15(2)26(21)3)24(29)25-16-12-22(28)27(14-16)17-6-8-18(30-4)9-7-17/h6-11,13,16H,5,12,14H2,1-4H3,(H,25,29). The zero-order valence-electron chi connectivity index (χ0n) is 18.3. The van der Waals surface area contributed by atoms with Gasteiger partial charge in [-0.1, -0.05) is 0 Å². The fourth-order valence-electron chi connectivity index (χ4n) is 4.17. The molecule has 1 atom stereocenters. The lowest BCUT2D eigenvalue weighted by atomic mass is 10.1. The maximum atomic E-state index is 13.2. The van der Waals surface area contributed by atoms with E-state index in [1.165, 1.54) is 0 Å². The van der Waals surface area contributed by atoms with Crippen LogP contribution in [0.15, 0.2) is 42.5 Å². The molecule has 162 valence electrons. The number of fused-ring (bicyclic) bond motifs is 1. The highest BCUT2D eigenvalue weighted by atomic mass is 16.5. The summed E-state index contributed by atoms with van der Waals surface area (Å²) < 4.78 is 12.8. The number of aryl methyl sites for hydroxylation is 1. The molecule has 0 radical (unpaired) electrons. The number of benzene rings is 2. The monoisotopic (exact) mass is 421 g/mol. The predicted molar refractivity (Wildman–Crippen MR) is 120 cm³/mol. The number of nitrogens with zero attached hydrogens (tertiary/aromatic N) is 2. The second kappa shape index (κ2) is 8.34. The van der Waals surface area contributed by atoms with Gasteiger partial charge in [0.15, 0.2) is 0 Å². The van der Waals surface area contributed by atoms with Crippen LogP contribution in [0.4, 0.5) is 5.69 Å². The lowest BCUT2D eigenvalue weighted by molar-refractivity contribution is -0.117. The van der Waals surface area contributed by atoms with E-state index in [0.29, 0.717) is 18.7 Å². The number of carbonyl (C=O) groups excluding carboxylic acids is 2. The van der Waals surface area contributed by atoms with Crippen molar-refractivity contribution < 1.29 is 19.1 Å². The summed E-state index contributed by atoms with van der Waals surface area (Å²) in [5.41, 5.74) is 3.26. The molecular formula is C24H27N3O4. The summed E-state index contributed by atoms with van der Waals surface area (Å²) in [7, 11) is 3.55. The van der Waals surface area contributed by atoms with Crippen molar-refractivity contribution in [2.75, 3.05) is 25.2 Å². The van der Waals surface area contributed by atoms with Crippen molar-refractivity contribution in [3.63, 3.8) is 0 Å². The Morgan fingerprint density at radius 1 is 1.16 bits per heavy atom. The molecule has 0 spiro atoms. The Bertz CT molecular complexity index is 1130. The molecule has 0 bridgehead atoms. The Hall–Kier alpha value is -3.48. The van der Waals surface area contributed by atoms with Gasteiger partial charge >= 0.3 is 0 Å². The summed E-state index contributed by atoms with van der Waals surface area (Å²) in [6.45, 7) is 4.85. The van der Waals surface area contributed by atoms with Crippen LogP contribution in [0.3, 0.4) is 0 Å². The SMILES string of the molecule is CCOc1ccc2c(c1)c(C(=O)NC1CC(=O)N(c3ccc(OC)cc3)C1)c(C)n2C. The number of anilines is 1. The molecule has 1 aromatic heterocycles. The van der Waals surface area contributed by atoms with Crippen molar-refractivity contribution in [3.05, 3.63) is 53.7 Å². The number of ether oxygens (including phenoxy) is 2. The third-order valence-corrected chi connectivity index (χ3v) is 5.85. The summed E-state index contributed by atoms with van der Waals surface area (Å²) in [5, 5.41) is 3.91. The van der Waals surface area contributed by atoms with Gasteiger partial charge in [-0.15, -0.1) is 0 Å². The lowest BCUT2D eigenvalue weighted by Gasteiger charge is -2.17. The number of carbonyl (C=O) groups is 2. The smallest absolute Gasteiger partial charge is 0.254 e. The molecular weight excluding hydrogens is 394 g/mol. The van der Waals surface area contributed by atoms with Crippen LogP contribution in [0.1, 0.15) is 29.4 Å². The van der Waals surface area contributed by atoms with Crippen LogP contribution in [0, 0.1) is 6.92 Å². The van der Waals surface area contributed by atoms with Gasteiger partial charge in [0.05, 0.1) is 25.3 Å². The van der Waals surface area contributed by atoms with Crippen LogP contribution in [-0.4, -0.2) is 42.7 Å². The largest absolute Gasteiger partial charge is 0.497 e. The lowest BCUT2D eigenvalue weighted by Crippen LogP contribution is -2.37. The van der Waals surface area contributed by atoms with E-state index in [4.69, 9.17) is 9.47 Å². The average Bonchev–Trinajstić information content (AvgIpc) is 3.25. The third kappa shape index (κ3) is 3.83. The fraction of sp³-hybridized carbons (Fsp3) is 0.333. The molecule has 2 aromatic carbocycles. The van der Waals surface area contributed by atoms with Crippen molar-refractivity contribution in [2.24, 2.45) is 7.05 Å². The number of hydrogen-bond donors (Lipinski definition) is 1. The second-order valence-corrected chi connectivity index (χ2v) is 7.71. The summed E-state index contributed by atoms with van der Waals surface area (Å²) in [6.07, 6.45) is 0.270. The number of nitrogens with one attached hydrogen (secondary N) is 1. The van der Waals surface area contributed by atoms with Gasteiger partial charge in [-0.05, 0) is 56.3 Å². The molecule has 2 heterocycles. The Balaban J connectivity index is 1.55. The van der Waals surface area contributed by atoms with Crippen LogP contribution < -0.4 is 19.7 Å². The molecule has 1 aliphatic rings. The van der Waals surface area contributed by atoms with Crippen molar-refractivity contribution in [2.45, 2.75) is 26.3 Å². The minimum atomic E-state index is -0.258. The fourth-order valence-corrected chi connectivity index (χ4v) is 4.17. The molecule has 7 heteroatoms. The normalized spacial score (nSPS) is 16.1. The Morgan fingerprint density at radius 2 is 1.87 bits per heavy atom. The predicted octanol–water partition coefficient (Wildman–Crippen LogP) is 3.43. The maximum absolute atomic E-state index is 13.2. The number of aromatic nitrogens is 1. The quantitative estimate of drug-likeness (QED) is 0.662. The summed E-state index contributed by atoms with van der Waals surface area (Å²) >= 11 is 0. The van der Waals surface area contributed by atoms with E-state index in [1.807, 2.05) is 67.9 Å². The maximum Gasteiger partial charge on any atom is 0.254 e. The molecule has 1 aliphatic heterocycles. The molecule has 3 aromatic rings. The molecule has 0 aliphatic carbocycles. The van der Waals surface area contributed by atoms with E-state index < -0.39 is 0 Å². The van der Waals surface area contributed by atoms with Gasteiger partial charge in [0.1, 0.15) is 11.5 Å². The third-order valence-electron chi connectivity index (χ3n) is 5.85. The first-order chi connectivity index (χ1) is 14.9. The van der Waals surface area contributed by atoms with E-state index in [0.717, 1.165) is 33.8 Å². The van der Waals surface area contributed by atoms with E-state index in [2.05, 4.69) is 5.32 Å². The van der Waals surface area contributed by atoms with Gasteiger partial charge in [0.2, 0.25) is 5.91 Å². The van der Waals surface area contributed by atoms with Crippen LogP contribution in [0.25, 0.3) is 10.9 Å². The average molecular weight is 421 g/mol. The van der Waals surface area contributed by atoms with Crippen LogP contribution in [0.5, 0.6) is 11.5 Å². The number of amides is 2. The molecule has 4 rings (SSSR count). The first-order valence-corrected chi connectivity index (χ1v) is 10.4. The van der Waals surface area contributed by atoms with Crippen molar-refractivity contribution in [1.29, 1.82) is 0 Å². The first-order valence-electron chi connectivity index (χ1n) is 10.4. The summed E-state index contributed by atoms with van der Waals surface area (Å²) in [5.74, 6) is 1.28. The highest BCUT2D eigenvalue weighted by Gasteiger charge is 2.32. The minimum absolute atomic E-state index is 0.0104. The second-order valence-electron chi connectivity index (χ2n) is 7.71. The molecule has 7 nitrogen and oxygen atoms in total. The Morgan fingerprint density at radius 3 is 2.55 bits per heavy atom. The van der Waals surface area contributed by atoms with E-state index >= 15 is 0 Å². The summed E-state index contributed by atoms with van der Waals surface area (Å²) in [4.78, 5) is 27.5. The van der Waals surface area contributed by atoms with Gasteiger partial charge in [-0.2, -0.15) is 0 Å². The van der Waals surface area contributed by atoms with Crippen LogP contribution in [0.2, 0.25) is 0 Å². The number of methoxy groups -OCH3 is 1. The topological polar surface area (TPSA) is 72.8 Å². The van der Waals surface area contributed by atoms with Crippen LogP contribution in [-0.2, 0) is 11.8 Å². The van der Waals surface area contributed by atoms with Crippen LogP contribution >= 0.6 is 0 Å². The van der Waals surface area contributed by atoms with Gasteiger partial charge in [-0.25, -0.2) is 0 Å². The summed E-state index contributed by atoms with van der Waals surface area (Å²) in [6, 6.07) is 12.9. The zero-order valence-corrected chi connectivity index (χ0v) is 18.3. The molecule has 31 heavy (non-hydrogen) atoms. The van der Waals surface area contributed by atoms with Gasteiger partial charge in [0, 0.05) is 42.3 Å². The number of hydrogen-bond acceptors (Lipinski definition) is 4. The zero-order chi connectivity index (χ0) is 22.1.